The first kappa shape index (κ1) is 33.2. The van der Waals surface area contributed by atoms with E-state index < -0.39 is 7.37 Å². The van der Waals surface area contributed by atoms with E-state index in [4.69, 9.17) is 14.0 Å². The number of hydrogen-bond acceptors (Lipinski definition) is 6. The van der Waals surface area contributed by atoms with E-state index in [9.17, 15) is 4.57 Å². The molecule has 0 radical (unpaired) electrons. The highest BCUT2D eigenvalue weighted by molar-refractivity contribution is 7.59. The van der Waals surface area contributed by atoms with E-state index in [1.807, 2.05) is 38.1 Å². The Bertz CT molecular complexity index is 1400. The molecule has 2 unspecified atom stereocenters. The van der Waals surface area contributed by atoms with E-state index >= 15 is 4.39 Å². The van der Waals surface area contributed by atoms with Gasteiger partial charge in [-0.2, -0.15) is 0 Å². The summed E-state index contributed by atoms with van der Waals surface area (Å²) in [6, 6.07) is 16.6. The fourth-order valence-electron chi connectivity index (χ4n) is 5.86. The number of halogens is 1. The Morgan fingerprint density at radius 2 is 1.77 bits per heavy atom. The molecule has 0 amide bonds. The molecule has 3 aromatic rings. The standard InChI is InChI=1S/C35H48FN2O4P/c1-8-42-43(39,9-2)23-33(27-14-15-27)28-11-10-12-30(18-28)41-22-26-13-16-31(32-19-35(40-7)37-20-34(32)36)29(17-26)21-38(24(3)4)25(5)6/h10-13,16-20,24-25,27,33H,8-9,14-15,21-23H2,1-7H3. The van der Waals surface area contributed by atoms with E-state index in [1.165, 1.54) is 13.3 Å². The van der Waals surface area contributed by atoms with Crippen molar-refractivity contribution in [1.82, 2.24) is 9.88 Å². The summed E-state index contributed by atoms with van der Waals surface area (Å²) in [5.74, 6) is 1.53. The molecule has 1 aromatic heterocycles. The molecule has 1 aliphatic carbocycles. The molecule has 0 aliphatic heterocycles. The minimum Gasteiger partial charge on any atom is -0.489 e. The monoisotopic (exact) mass is 610 g/mol. The van der Waals surface area contributed by atoms with Crippen LogP contribution < -0.4 is 9.47 Å². The molecule has 8 heteroatoms. The number of aromatic nitrogens is 1. The lowest BCUT2D eigenvalue weighted by Gasteiger charge is -2.31. The number of benzene rings is 2. The quantitative estimate of drug-likeness (QED) is 0.151. The van der Waals surface area contributed by atoms with Crippen LogP contribution in [-0.4, -0.2) is 48.0 Å². The van der Waals surface area contributed by atoms with E-state index in [2.05, 4.69) is 55.8 Å². The maximum atomic E-state index is 15.0. The largest absolute Gasteiger partial charge is 0.489 e. The van der Waals surface area contributed by atoms with E-state index in [-0.39, 0.29) is 11.7 Å². The third kappa shape index (κ3) is 8.68. The minimum absolute atomic E-state index is 0.206. The van der Waals surface area contributed by atoms with Crippen LogP contribution in [0.5, 0.6) is 11.6 Å². The molecule has 2 aromatic carbocycles. The number of hydrogen-bond donors (Lipinski definition) is 0. The molecule has 1 saturated carbocycles. The Morgan fingerprint density at radius 1 is 1.02 bits per heavy atom. The van der Waals surface area contributed by atoms with E-state index in [0.29, 0.717) is 61.5 Å². The second kappa shape index (κ2) is 14.8. The summed E-state index contributed by atoms with van der Waals surface area (Å²) in [4.78, 5) is 6.42. The lowest BCUT2D eigenvalue weighted by atomic mass is 9.96. The third-order valence-corrected chi connectivity index (χ3v) is 11.0. The highest BCUT2D eigenvalue weighted by Crippen LogP contribution is 2.55. The van der Waals surface area contributed by atoms with Crippen molar-refractivity contribution < 1.29 is 23.0 Å². The molecule has 6 nitrogen and oxygen atoms in total. The molecular formula is C35H48FN2O4P. The van der Waals surface area contributed by atoms with Crippen molar-refractivity contribution in [3.05, 3.63) is 77.2 Å². The fraction of sp³-hybridized carbons (Fsp3) is 0.514. The molecular weight excluding hydrogens is 562 g/mol. The van der Waals surface area contributed by atoms with Gasteiger partial charge in [0.05, 0.1) is 19.9 Å². The van der Waals surface area contributed by atoms with Gasteiger partial charge in [0.15, 0.2) is 0 Å². The lowest BCUT2D eigenvalue weighted by molar-refractivity contribution is 0.166. The van der Waals surface area contributed by atoms with Gasteiger partial charge in [-0.25, -0.2) is 9.37 Å². The summed E-state index contributed by atoms with van der Waals surface area (Å²) in [5, 5.41) is 0. The molecule has 0 N–H and O–H groups in total. The van der Waals surface area contributed by atoms with Gasteiger partial charge in [-0.05, 0) is 93.7 Å². The number of methoxy groups -OCH3 is 1. The van der Waals surface area contributed by atoms with Crippen LogP contribution in [0.1, 0.15) is 77.0 Å². The number of ether oxygens (including phenoxy) is 2. The van der Waals surface area contributed by atoms with Crippen molar-refractivity contribution in [2.45, 2.75) is 85.5 Å². The Morgan fingerprint density at radius 3 is 2.40 bits per heavy atom. The summed E-state index contributed by atoms with van der Waals surface area (Å²) in [6.07, 6.45) is 4.67. The number of pyridine rings is 1. The molecule has 4 rings (SSSR count). The molecule has 0 saturated heterocycles. The SMILES string of the molecule is CCOP(=O)(CC)CC(c1cccc(OCc2ccc(-c3cc(OC)ncc3F)c(CN(C(C)C)C(C)C)c2)c1)C1CC1. The van der Waals surface area contributed by atoms with Crippen LogP contribution in [0.3, 0.4) is 0 Å². The van der Waals surface area contributed by atoms with Crippen molar-refractivity contribution >= 4 is 7.37 Å². The normalized spacial score (nSPS) is 15.6. The van der Waals surface area contributed by atoms with Crippen LogP contribution in [0, 0.1) is 11.7 Å². The highest BCUT2D eigenvalue weighted by atomic mass is 31.2. The van der Waals surface area contributed by atoms with Crippen LogP contribution in [0.25, 0.3) is 11.1 Å². The van der Waals surface area contributed by atoms with Crippen LogP contribution in [-0.2, 0) is 22.2 Å². The Labute approximate surface area is 257 Å². The molecule has 1 fully saturated rings. The lowest BCUT2D eigenvalue weighted by Crippen LogP contribution is -2.36. The highest BCUT2D eigenvalue weighted by Gasteiger charge is 2.37. The van der Waals surface area contributed by atoms with Gasteiger partial charge in [-0.1, -0.05) is 37.3 Å². The molecule has 234 valence electrons. The first-order valence-corrected chi connectivity index (χ1v) is 17.6. The Balaban J connectivity index is 1.60. The summed E-state index contributed by atoms with van der Waals surface area (Å²) in [6.45, 7) is 14.1. The van der Waals surface area contributed by atoms with Crippen molar-refractivity contribution in [3.63, 3.8) is 0 Å². The topological polar surface area (TPSA) is 60.9 Å². The van der Waals surface area contributed by atoms with Crippen molar-refractivity contribution in [1.29, 1.82) is 0 Å². The van der Waals surface area contributed by atoms with Crippen LogP contribution >= 0.6 is 7.37 Å². The van der Waals surface area contributed by atoms with Crippen LogP contribution in [0.4, 0.5) is 4.39 Å². The Hall–Kier alpha value is -2.73. The first-order chi connectivity index (χ1) is 20.6. The second-order valence-corrected chi connectivity index (χ2v) is 15.0. The molecule has 0 bridgehead atoms. The summed E-state index contributed by atoms with van der Waals surface area (Å²) >= 11 is 0. The molecule has 2 atom stereocenters. The van der Waals surface area contributed by atoms with Gasteiger partial charge in [0.1, 0.15) is 18.2 Å². The number of nitrogens with zero attached hydrogens (tertiary/aromatic N) is 2. The second-order valence-electron chi connectivity index (χ2n) is 12.1. The van der Waals surface area contributed by atoms with Gasteiger partial charge in [-0.3, -0.25) is 9.46 Å². The van der Waals surface area contributed by atoms with Gasteiger partial charge in [0.2, 0.25) is 13.2 Å². The molecule has 1 aliphatic rings. The predicted octanol–water partition coefficient (Wildman–Crippen LogP) is 8.92. The van der Waals surface area contributed by atoms with Gasteiger partial charge >= 0.3 is 0 Å². The zero-order valence-corrected chi connectivity index (χ0v) is 27.7. The smallest absolute Gasteiger partial charge is 0.213 e. The van der Waals surface area contributed by atoms with Crippen LogP contribution in [0.2, 0.25) is 0 Å². The minimum atomic E-state index is -2.67. The van der Waals surface area contributed by atoms with Gasteiger partial charge in [0.25, 0.3) is 0 Å². The van der Waals surface area contributed by atoms with Crippen LogP contribution in [0.15, 0.2) is 54.7 Å². The van der Waals surface area contributed by atoms with E-state index in [0.717, 1.165) is 40.8 Å². The molecule has 0 spiro atoms. The molecule has 43 heavy (non-hydrogen) atoms. The van der Waals surface area contributed by atoms with Gasteiger partial charge in [-0.15, -0.1) is 0 Å². The summed E-state index contributed by atoms with van der Waals surface area (Å²) in [7, 11) is -1.13. The molecule has 1 heterocycles. The summed E-state index contributed by atoms with van der Waals surface area (Å²) in [5.41, 5.74) is 4.47. The zero-order valence-electron chi connectivity index (χ0n) is 26.8. The average molecular weight is 611 g/mol. The summed E-state index contributed by atoms with van der Waals surface area (Å²) < 4.78 is 45.8. The fourth-order valence-corrected chi connectivity index (χ4v) is 7.99. The predicted molar refractivity (Wildman–Crippen MR) is 173 cm³/mol. The number of rotatable bonds is 16. The van der Waals surface area contributed by atoms with Crippen molar-refractivity contribution in [3.8, 4) is 22.8 Å². The van der Waals surface area contributed by atoms with Gasteiger partial charge < -0.3 is 14.0 Å². The zero-order chi connectivity index (χ0) is 31.1. The van der Waals surface area contributed by atoms with Gasteiger partial charge in [0, 0.05) is 42.6 Å². The third-order valence-electron chi connectivity index (χ3n) is 8.38. The average Bonchev–Trinajstić information content (AvgIpc) is 3.84. The van der Waals surface area contributed by atoms with E-state index in [1.54, 1.807) is 6.07 Å². The Kier molecular flexibility index (Phi) is 11.4. The maximum Gasteiger partial charge on any atom is 0.213 e. The van der Waals surface area contributed by atoms with Crippen molar-refractivity contribution in [2.24, 2.45) is 5.92 Å². The van der Waals surface area contributed by atoms with Crippen molar-refractivity contribution in [2.75, 3.05) is 26.0 Å². The first-order valence-electron chi connectivity index (χ1n) is 15.6. The maximum absolute atomic E-state index is 15.0.